The Morgan fingerprint density at radius 3 is 2.38 bits per heavy atom. The normalized spacial score (nSPS) is 42.8. The van der Waals surface area contributed by atoms with Gasteiger partial charge in [-0.15, -0.1) is 0 Å². The Morgan fingerprint density at radius 1 is 1.00 bits per heavy atom. The molecule has 0 aromatic rings. The second kappa shape index (κ2) is 6.28. The Balaban J connectivity index is 2.30. The van der Waals surface area contributed by atoms with E-state index in [9.17, 15) is 5.11 Å². The topological polar surface area (TPSA) is 20.2 Å². The lowest BCUT2D eigenvalue weighted by Crippen LogP contribution is -2.51. The summed E-state index contributed by atoms with van der Waals surface area (Å²) in [6.07, 6.45) is 12.8. The molecule has 3 atom stereocenters. The van der Waals surface area contributed by atoms with Crippen LogP contribution < -0.4 is 0 Å². The first-order valence-corrected chi connectivity index (χ1v) is 8.77. The first kappa shape index (κ1) is 16.8. The highest BCUT2D eigenvalue weighted by atomic mass is 16.3. The van der Waals surface area contributed by atoms with Gasteiger partial charge in [-0.05, 0) is 83.0 Å². The summed E-state index contributed by atoms with van der Waals surface area (Å²) in [6.45, 7) is 11.4. The Kier molecular flexibility index (Phi) is 5.03. The Hall–Kier alpha value is -0.560. The molecule has 1 nitrogen and oxygen atoms in total. The minimum atomic E-state index is -0.497. The van der Waals surface area contributed by atoms with Gasteiger partial charge in [0, 0.05) is 0 Å². The maximum atomic E-state index is 10.9. The molecule has 1 heteroatoms. The molecule has 1 saturated carbocycles. The van der Waals surface area contributed by atoms with Crippen LogP contribution in [0.5, 0.6) is 0 Å². The van der Waals surface area contributed by atoms with Gasteiger partial charge in [-0.1, -0.05) is 37.1 Å². The maximum absolute atomic E-state index is 10.9. The third-order valence-corrected chi connectivity index (χ3v) is 6.31. The van der Waals surface area contributed by atoms with E-state index in [1.54, 1.807) is 0 Å². The second-order valence-electron chi connectivity index (χ2n) is 8.38. The molecule has 2 bridgehead atoms. The standard InChI is InChI=1S/C20H34O/c1-15-7-6-8-16(2)10-12-18-19(3,4)17(11-9-15)13-14-20(18,5)21/h8-9,17-18,21H,6-7,10-14H2,1-5H3/b15-9+,16-8+/t17-,18+,20+/m0/s1. The van der Waals surface area contributed by atoms with Crippen molar-refractivity contribution in [1.29, 1.82) is 0 Å². The van der Waals surface area contributed by atoms with Crippen LogP contribution in [0.15, 0.2) is 23.3 Å². The van der Waals surface area contributed by atoms with Crippen molar-refractivity contribution in [2.75, 3.05) is 0 Å². The van der Waals surface area contributed by atoms with Crippen LogP contribution in [0.2, 0.25) is 0 Å². The molecule has 0 saturated heterocycles. The molecule has 0 aromatic heterocycles. The number of fused-ring (bicyclic) bond motifs is 2. The lowest BCUT2D eigenvalue weighted by atomic mass is 9.54. The van der Waals surface area contributed by atoms with Crippen molar-refractivity contribution in [2.24, 2.45) is 17.3 Å². The minimum Gasteiger partial charge on any atom is -0.390 e. The first-order valence-electron chi connectivity index (χ1n) is 8.77. The summed E-state index contributed by atoms with van der Waals surface area (Å²) in [5.74, 6) is 1.11. The SMILES string of the molecule is C/C1=C\C[C@H]2CC[C@@](C)(O)[C@H](CC/C(C)=C/CC1)C2(C)C. The van der Waals surface area contributed by atoms with Gasteiger partial charge in [0.1, 0.15) is 0 Å². The predicted octanol–water partition coefficient (Wildman–Crippen LogP) is 5.65. The molecule has 1 fully saturated rings. The van der Waals surface area contributed by atoms with Gasteiger partial charge in [0.2, 0.25) is 0 Å². The van der Waals surface area contributed by atoms with E-state index in [1.807, 2.05) is 0 Å². The molecule has 0 aliphatic heterocycles. The van der Waals surface area contributed by atoms with Gasteiger partial charge in [0.15, 0.2) is 0 Å². The van der Waals surface area contributed by atoms with Crippen LogP contribution in [0.25, 0.3) is 0 Å². The summed E-state index contributed by atoms with van der Waals surface area (Å²) in [7, 11) is 0. The molecular weight excluding hydrogens is 256 g/mol. The van der Waals surface area contributed by atoms with Gasteiger partial charge in [-0.3, -0.25) is 0 Å². The largest absolute Gasteiger partial charge is 0.390 e. The Morgan fingerprint density at radius 2 is 1.67 bits per heavy atom. The molecule has 0 amide bonds. The van der Waals surface area contributed by atoms with E-state index in [-0.39, 0.29) is 5.41 Å². The lowest BCUT2D eigenvalue weighted by molar-refractivity contribution is -0.118. The molecule has 0 unspecified atom stereocenters. The highest BCUT2D eigenvalue weighted by molar-refractivity contribution is 5.09. The van der Waals surface area contributed by atoms with Crippen LogP contribution in [-0.4, -0.2) is 10.7 Å². The zero-order valence-corrected chi connectivity index (χ0v) is 14.7. The van der Waals surface area contributed by atoms with E-state index in [4.69, 9.17) is 0 Å². The molecular formula is C20H34O. The van der Waals surface area contributed by atoms with Crippen molar-refractivity contribution in [3.8, 4) is 0 Å². The van der Waals surface area contributed by atoms with Crippen LogP contribution >= 0.6 is 0 Å². The van der Waals surface area contributed by atoms with Crippen molar-refractivity contribution >= 4 is 0 Å². The van der Waals surface area contributed by atoms with Gasteiger partial charge in [-0.2, -0.15) is 0 Å². The monoisotopic (exact) mass is 290 g/mol. The summed E-state index contributed by atoms with van der Waals surface area (Å²) in [5.41, 5.74) is 2.75. The van der Waals surface area contributed by atoms with Crippen LogP contribution in [-0.2, 0) is 0 Å². The van der Waals surface area contributed by atoms with Gasteiger partial charge in [0.25, 0.3) is 0 Å². The van der Waals surface area contributed by atoms with Crippen molar-refractivity contribution in [3.05, 3.63) is 23.3 Å². The van der Waals surface area contributed by atoms with Crippen LogP contribution in [0.3, 0.4) is 0 Å². The molecule has 0 radical (unpaired) electrons. The molecule has 120 valence electrons. The lowest BCUT2D eigenvalue weighted by Gasteiger charge is -2.53. The predicted molar refractivity (Wildman–Crippen MR) is 91.2 cm³/mol. The van der Waals surface area contributed by atoms with Crippen LogP contribution in [0.1, 0.15) is 79.6 Å². The van der Waals surface area contributed by atoms with Gasteiger partial charge >= 0.3 is 0 Å². The molecule has 2 aliphatic rings. The van der Waals surface area contributed by atoms with Gasteiger partial charge in [-0.25, -0.2) is 0 Å². The van der Waals surface area contributed by atoms with E-state index in [2.05, 4.69) is 46.8 Å². The van der Waals surface area contributed by atoms with Crippen molar-refractivity contribution < 1.29 is 5.11 Å². The summed E-state index contributed by atoms with van der Waals surface area (Å²) in [4.78, 5) is 0. The van der Waals surface area contributed by atoms with Crippen LogP contribution in [0, 0.1) is 17.3 Å². The highest BCUT2D eigenvalue weighted by Crippen LogP contribution is 2.53. The number of allylic oxidation sites excluding steroid dienone is 4. The molecule has 2 aliphatic carbocycles. The van der Waals surface area contributed by atoms with E-state index >= 15 is 0 Å². The number of aliphatic hydroxyl groups is 1. The summed E-state index contributed by atoms with van der Waals surface area (Å²) in [6, 6.07) is 0. The van der Waals surface area contributed by atoms with Crippen LogP contribution in [0.4, 0.5) is 0 Å². The average Bonchev–Trinajstić information content (AvgIpc) is 2.35. The fourth-order valence-electron chi connectivity index (χ4n) is 4.67. The van der Waals surface area contributed by atoms with Gasteiger partial charge in [0.05, 0.1) is 5.60 Å². The smallest absolute Gasteiger partial charge is 0.0653 e. The highest BCUT2D eigenvalue weighted by Gasteiger charge is 2.49. The number of rotatable bonds is 0. The fraction of sp³-hybridized carbons (Fsp3) is 0.800. The molecule has 21 heavy (non-hydrogen) atoms. The Labute approximate surface area is 131 Å². The van der Waals surface area contributed by atoms with Crippen molar-refractivity contribution in [2.45, 2.75) is 85.2 Å². The number of hydrogen-bond acceptors (Lipinski definition) is 1. The van der Waals surface area contributed by atoms with E-state index < -0.39 is 5.60 Å². The fourth-order valence-corrected chi connectivity index (χ4v) is 4.67. The van der Waals surface area contributed by atoms with E-state index in [1.165, 1.54) is 30.4 Å². The summed E-state index contributed by atoms with van der Waals surface area (Å²) in [5, 5.41) is 10.9. The van der Waals surface area contributed by atoms with Crippen molar-refractivity contribution in [1.82, 2.24) is 0 Å². The minimum absolute atomic E-state index is 0.220. The zero-order chi connectivity index (χ0) is 15.7. The molecule has 0 spiro atoms. The third kappa shape index (κ3) is 3.80. The van der Waals surface area contributed by atoms with Gasteiger partial charge < -0.3 is 5.11 Å². The molecule has 0 aromatic carbocycles. The van der Waals surface area contributed by atoms with E-state index in [0.717, 1.165) is 25.7 Å². The maximum Gasteiger partial charge on any atom is 0.0653 e. The van der Waals surface area contributed by atoms with E-state index in [0.29, 0.717) is 11.8 Å². The molecule has 0 heterocycles. The first-order chi connectivity index (χ1) is 9.73. The third-order valence-electron chi connectivity index (χ3n) is 6.31. The molecule has 2 rings (SSSR count). The quantitative estimate of drug-likeness (QED) is 0.572. The summed E-state index contributed by atoms with van der Waals surface area (Å²) >= 11 is 0. The Bertz CT molecular complexity index is 425. The zero-order valence-electron chi connectivity index (χ0n) is 14.7. The second-order valence-corrected chi connectivity index (χ2v) is 8.38. The average molecular weight is 290 g/mol. The number of hydrogen-bond donors (Lipinski definition) is 1. The summed E-state index contributed by atoms with van der Waals surface area (Å²) < 4.78 is 0. The van der Waals surface area contributed by atoms with Crippen molar-refractivity contribution in [3.63, 3.8) is 0 Å². The molecule has 1 N–H and O–H groups in total.